The van der Waals surface area contributed by atoms with Crippen molar-refractivity contribution in [2.24, 2.45) is 0 Å². The summed E-state index contributed by atoms with van der Waals surface area (Å²) in [7, 11) is 1.55. The molecule has 2 rings (SSSR count). The van der Waals surface area contributed by atoms with Crippen LogP contribution in [0.2, 0.25) is 0 Å². The van der Waals surface area contributed by atoms with Gasteiger partial charge in [-0.05, 0) is 18.7 Å². The first kappa shape index (κ1) is 15.6. The molecule has 1 unspecified atom stereocenters. The van der Waals surface area contributed by atoms with E-state index in [-0.39, 0.29) is 12.0 Å². The minimum absolute atomic E-state index is 0.0330. The summed E-state index contributed by atoms with van der Waals surface area (Å²) in [6.45, 7) is 6.12. The summed E-state index contributed by atoms with van der Waals surface area (Å²) >= 11 is 0. The number of likely N-dealkylation sites (N-methyl/N-ethyl adjacent to an activating group) is 1. The standard InChI is InChI=1S/C15H23N3O3/c1-3-18-4-5-21-14(10-18)9-17-15(19)11-6-12(16)8-13(7-11)20-2/h6-8,14H,3-5,9-10,16H2,1-2H3,(H,17,19). The average molecular weight is 293 g/mol. The molecule has 1 aliphatic heterocycles. The van der Waals surface area contributed by atoms with E-state index in [1.54, 1.807) is 25.3 Å². The molecule has 6 heteroatoms. The summed E-state index contributed by atoms with van der Waals surface area (Å²) in [6, 6.07) is 4.99. The van der Waals surface area contributed by atoms with E-state index in [1.807, 2.05) is 0 Å². The monoisotopic (exact) mass is 293 g/mol. The van der Waals surface area contributed by atoms with Crippen molar-refractivity contribution in [3.05, 3.63) is 23.8 Å². The van der Waals surface area contributed by atoms with Crippen LogP contribution in [0.1, 0.15) is 17.3 Å². The second-order valence-electron chi connectivity index (χ2n) is 5.09. The summed E-state index contributed by atoms with van der Waals surface area (Å²) in [6.07, 6.45) is 0.0330. The Bertz CT molecular complexity index is 493. The van der Waals surface area contributed by atoms with Gasteiger partial charge in [-0.25, -0.2) is 0 Å². The van der Waals surface area contributed by atoms with Gasteiger partial charge in [0.2, 0.25) is 0 Å². The van der Waals surface area contributed by atoms with Crippen molar-refractivity contribution in [1.29, 1.82) is 0 Å². The van der Waals surface area contributed by atoms with Gasteiger partial charge in [-0.2, -0.15) is 0 Å². The maximum atomic E-state index is 12.2. The Morgan fingerprint density at radius 3 is 3.05 bits per heavy atom. The first-order valence-electron chi connectivity index (χ1n) is 7.19. The lowest BCUT2D eigenvalue weighted by Crippen LogP contribution is -2.47. The molecule has 1 aliphatic rings. The highest BCUT2D eigenvalue weighted by Crippen LogP contribution is 2.18. The van der Waals surface area contributed by atoms with Gasteiger partial charge in [0.15, 0.2) is 0 Å². The summed E-state index contributed by atoms with van der Waals surface area (Å²) in [5.41, 5.74) is 6.76. The van der Waals surface area contributed by atoms with Crippen molar-refractivity contribution < 1.29 is 14.3 Å². The number of carbonyl (C=O) groups is 1. The number of anilines is 1. The lowest BCUT2D eigenvalue weighted by molar-refractivity contribution is -0.0246. The lowest BCUT2D eigenvalue weighted by Gasteiger charge is -2.32. The number of hydrogen-bond donors (Lipinski definition) is 2. The van der Waals surface area contributed by atoms with Crippen molar-refractivity contribution in [3.63, 3.8) is 0 Å². The molecule has 1 heterocycles. The Morgan fingerprint density at radius 1 is 1.52 bits per heavy atom. The van der Waals surface area contributed by atoms with Crippen LogP contribution in [0.3, 0.4) is 0 Å². The fourth-order valence-corrected chi connectivity index (χ4v) is 2.37. The van der Waals surface area contributed by atoms with Crippen molar-refractivity contribution in [2.75, 3.05) is 45.6 Å². The summed E-state index contributed by atoms with van der Waals surface area (Å²) in [5, 5.41) is 2.89. The topological polar surface area (TPSA) is 76.8 Å². The van der Waals surface area contributed by atoms with E-state index in [1.165, 1.54) is 0 Å². The number of hydrogen-bond acceptors (Lipinski definition) is 5. The largest absolute Gasteiger partial charge is 0.497 e. The highest BCUT2D eigenvalue weighted by molar-refractivity contribution is 5.95. The molecule has 0 aromatic heterocycles. The molecule has 0 radical (unpaired) electrons. The third kappa shape index (κ3) is 4.34. The number of amides is 1. The minimum atomic E-state index is -0.169. The Morgan fingerprint density at radius 2 is 2.33 bits per heavy atom. The quantitative estimate of drug-likeness (QED) is 0.783. The number of carbonyl (C=O) groups excluding carboxylic acids is 1. The molecular formula is C15H23N3O3. The van der Waals surface area contributed by atoms with Gasteiger partial charge in [0, 0.05) is 37.0 Å². The molecule has 1 saturated heterocycles. The Kier molecular flexibility index (Phi) is 5.41. The first-order chi connectivity index (χ1) is 10.1. The molecule has 1 fully saturated rings. The number of nitrogens with one attached hydrogen (secondary N) is 1. The first-order valence-corrected chi connectivity index (χ1v) is 7.19. The molecule has 0 spiro atoms. The maximum Gasteiger partial charge on any atom is 0.251 e. The SMILES string of the molecule is CCN1CCOC(CNC(=O)c2cc(N)cc(OC)c2)C1. The van der Waals surface area contributed by atoms with Crippen LogP contribution in [0.5, 0.6) is 5.75 Å². The molecule has 1 aromatic rings. The van der Waals surface area contributed by atoms with Gasteiger partial charge in [0.1, 0.15) is 5.75 Å². The zero-order valence-electron chi connectivity index (χ0n) is 12.6. The van der Waals surface area contributed by atoms with Crippen molar-refractivity contribution in [2.45, 2.75) is 13.0 Å². The smallest absolute Gasteiger partial charge is 0.251 e. The number of methoxy groups -OCH3 is 1. The van der Waals surface area contributed by atoms with Crippen LogP contribution < -0.4 is 15.8 Å². The number of benzene rings is 1. The molecule has 1 atom stereocenters. The molecule has 0 saturated carbocycles. The zero-order valence-corrected chi connectivity index (χ0v) is 12.6. The van der Waals surface area contributed by atoms with Gasteiger partial charge in [-0.15, -0.1) is 0 Å². The number of nitrogen functional groups attached to an aromatic ring is 1. The Balaban J connectivity index is 1.91. The third-order valence-electron chi connectivity index (χ3n) is 3.59. The highest BCUT2D eigenvalue weighted by atomic mass is 16.5. The molecule has 0 bridgehead atoms. The van der Waals surface area contributed by atoms with Crippen LogP contribution in [-0.4, -0.2) is 56.8 Å². The summed E-state index contributed by atoms with van der Waals surface area (Å²) in [4.78, 5) is 14.5. The maximum absolute atomic E-state index is 12.2. The van der Waals surface area contributed by atoms with Crippen molar-refractivity contribution in [3.8, 4) is 5.75 Å². The van der Waals surface area contributed by atoms with Gasteiger partial charge >= 0.3 is 0 Å². The Labute approximate surface area is 125 Å². The van der Waals surface area contributed by atoms with Crippen LogP contribution in [-0.2, 0) is 4.74 Å². The highest BCUT2D eigenvalue weighted by Gasteiger charge is 2.20. The second kappa shape index (κ2) is 7.28. The van der Waals surface area contributed by atoms with Gasteiger partial charge in [-0.3, -0.25) is 9.69 Å². The fourth-order valence-electron chi connectivity index (χ4n) is 2.37. The van der Waals surface area contributed by atoms with E-state index >= 15 is 0 Å². The van der Waals surface area contributed by atoms with E-state index in [0.29, 0.717) is 30.2 Å². The Hall–Kier alpha value is -1.79. The molecule has 1 aromatic carbocycles. The molecular weight excluding hydrogens is 270 g/mol. The van der Waals surface area contributed by atoms with Crippen LogP contribution in [0, 0.1) is 0 Å². The fraction of sp³-hybridized carbons (Fsp3) is 0.533. The number of ether oxygens (including phenoxy) is 2. The lowest BCUT2D eigenvalue weighted by atomic mass is 10.1. The molecule has 21 heavy (non-hydrogen) atoms. The van der Waals surface area contributed by atoms with E-state index in [2.05, 4.69) is 17.1 Å². The zero-order chi connectivity index (χ0) is 15.2. The van der Waals surface area contributed by atoms with E-state index in [4.69, 9.17) is 15.2 Å². The molecule has 116 valence electrons. The third-order valence-corrected chi connectivity index (χ3v) is 3.59. The van der Waals surface area contributed by atoms with Gasteiger partial charge in [0.05, 0.1) is 19.8 Å². The van der Waals surface area contributed by atoms with Crippen LogP contribution >= 0.6 is 0 Å². The number of nitrogens with two attached hydrogens (primary N) is 1. The predicted octanol–water partition coefficient (Wildman–Crippen LogP) is 0.728. The minimum Gasteiger partial charge on any atom is -0.497 e. The second-order valence-corrected chi connectivity index (χ2v) is 5.09. The molecule has 0 aliphatic carbocycles. The van der Waals surface area contributed by atoms with Crippen LogP contribution in [0.15, 0.2) is 18.2 Å². The van der Waals surface area contributed by atoms with Crippen LogP contribution in [0.4, 0.5) is 5.69 Å². The van der Waals surface area contributed by atoms with E-state index < -0.39 is 0 Å². The van der Waals surface area contributed by atoms with Crippen LogP contribution in [0.25, 0.3) is 0 Å². The normalized spacial score (nSPS) is 19.2. The molecule has 3 N–H and O–H groups in total. The molecule has 6 nitrogen and oxygen atoms in total. The van der Waals surface area contributed by atoms with Gasteiger partial charge < -0.3 is 20.5 Å². The summed E-state index contributed by atoms with van der Waals surface area (Å²) in [5.74, 6) is 0.407. The van der Waals surface area contributed by atoms with E-state index in [9.17, 15) is 4.79 Å². The van der Waals surface area contributed by atoms with Crippen molar-refractivity contribution >= 4 is 11.6 Å². The number of nitrogens with zero attached hydrogens (tertiary/aromatic N) is 1. The predicted molar refractivity (Wildman–Crippen MR) is 81.6 cm³/mol. The van der Waals surface area contributed by atoms with Gasteiger partial charge in [-0.1, -0.05) is 6.92 Å². The number of morpholine rings is 1. The molecule has 1 amide bonds. The summed E-state index contributed by atoms with van der Waals surface area (Å²) < 4.78 is 10.8. The van der Waals surface area contributed by atoms with Crippen molar-refractivity contribution in [1.82, 2.24) is 10.2 Å². The van der Waals surface area contributed by atoms with Gasteiger partial charge in [0.25, 0.3) is 5.91 Å². The number of rotatable bonds is 5. The van der Waals surface area contributed by atoms with E-state index in [0.717, 1.165) is 19.6 Å². The average Bonchev–Trinajstić information content (AvgIpc) is 2.52.